The maximum atomic E-state index is 13.5. The standard InChI is InChI=1S/C26H28ClF4N3O4S/c1-38-24-7-5-20(39(36,37)33-10-8-16(9-11-33)26(29,30)31)13-23(24)34-18-3-4-19(34)15-32(14-18)25(35)21-6-2-17(28)12-22(21)27/h2,5-7,12-13,16,18-19H,3-4,8-11,14-15H2,1H3/t18-,19+. The zero-order valence-electron chi connectivity index (χ0n) is 21.1. The number of carbonyl (C=O) groups excluding carboxylic acids is 1. The molecule has 212 valence electrons. The van der Waals surface area contributed by atoms with Crippen LogP contribution < -0.4 is 9.64 Å². The number of benzene rings is 2. The van der Waals surface area contributed by atoms with Crippen LogP contribution in [0.1, 0.15) is 36.0 Å². The van der Waals surface area contributed by atoms with E-state index in [-0.39, 0.29) is 59.4 Å². The lowest BCUT2D eigenvalue weighted by molar-refractivity contribution is -0.182. The number of carbonyl (C=O) groups is 1. The summed E-state index contributed by atoms with van der Waals surface area (Å²) in [5.74, 6) is -1.88. The van der Waals surface area contributed by atoms with Gasteiger partial charge in [0.05, 0.1) is 34.2 Å². The number of hydrogen-bond acceptors (Lipinski definition) is 5. The minimum absolute atomic E-state index is 0.0141. The van der Waals surface area contributed by atoms with Crippen LogP contribution in [0.4, 0.5) is 23.2 Å². The van der Waals surface area contributed by atoms with Gasteiger partial charge in [0.2, 0.25) is 10.0 Å². The first-order valence-corrected chi connectivity index (χ1v) is 14.5. The lowest BCUT2D eigenvalue weighted by atomic mass is 9.98. The van der Waals surface area contributed by atoms with Gasteiger partial charge >= 0.3 is 6.18 Å². The summed E-state index contributed by atoms with van der Waals surface area (Å²) in [6.45, 7) is 0.306. The summed E-state index contributed by atoms with van der Waals surface area (Å²) in [6.07, 6.45) is -3.37. The number of alkyl halides is 3. The molecule has 3 fully saturated rings. The molecule has 2 atom stereocenters. The Balaban J connectivity index is 1.38. The van der Waals surface area contributed by atoms with E-state index in [1.807, 2.05) is 0 Å². The van der Waals surface area contributed by atoms with Crippen molar-refractivity contribution in [3.8, 4) is 5.75 Å². The van der Waals surface area contributed by atoms with Crippen LogP contribution in [0.15, 0.2) is 41.3 Å². The molecule has 0 saturated carbocycles. The Morgan fingerprint density at radius 2 is 1.64 bits per heavy atom. The molecule has 3 saturated heterocycles. The summed E-state index contributed by atoms with van der Waals surface area (Å²) in [6, 6.07) is 7.88. The van der Waals surface area contributed by atoms with Crippen LogP contribution in [-0.4, -0.2) is 75.1 Å². The first-order chi connectivity index (χ1) is 18.4. The number of piperazine rings is 1. The Hall–Kier alpha value is -2.57. The molecule has 7 nitrogen and oxygen atoms in total. The SMILES string of the molecule is COc1ccc(S(=O)(=O)N2CCC(C(F)(F)F)CC2)cc1N1[C@@H]2CC[C@H]1CN(C(=O)c1ccc(F)cc1Cl)C2. The summed E-state index contributed by atoms with van der Waals surface area (Å²) in [4.78, 5) is 16.9. The number of anilines is 1. The Morgan fingerprint density at radius 1 is 1.00 bits per heavy atom. The lowest BCUT2D eigenvalue weighted by Crippen LogP contribution is -2.55. The summed E-state index contributed by atoms with van der Waals surface area (Å²) < 4.78 is 86.2. The van der Waals surface area contributed by atoms with Gasteiger partial charge in [-0.3, -0.25) is 4.79 Å². The summed E-state index contributed by atoms with van der Waals surface area (Å²) >= 11 is 6.12. The van der Waals surface area contributed by atoms with Crippen molar-refractivity contribution in [2.45, 2.75) is 48.8 Å². The first-order valence-electron chi connectivity index (χ1n) is 12.7. The van der Waals surface area contributed by atoms with E-state index >= 15 is 0 Å². The van der Waals surface area contributed by atoms with E-state index < -0.39 is 27.9 Å². The average molecular weight is 590 g/mol. The maximum Gasteiger partial charge on any atom is 0.391 e. The molecule has 5 rings (SSSR count). The number of likely N-dealkylation sites (tertiary alicyclic amines) is 1. The minimum Gasteiger partial charge on any atom is -0.495 e. The van der Waals surface area contributed by atoms with Gasteiger partial charge in [-0.2, -0.15) is 17.5 Å². The Bertz CT molecular complexity index is 1350. The number of fused-ring (bicyclic) bond motifs is 2. The molecular weight excluding hydrogens is 562 g/mol. The second-order valence-electron chi connectivity index (χ2n) is 10.2. The largest absolute Gasteiger partial charge is 0.495 e. The third-order valence-electron chi connectivity index (χ3n) is 7.91. The highest BCUT2D eigenvalue weighted by Crippen LogP contribution is 2.42. The van der Waals surface area contributed by atoms with Crippen LogP contribution >= 0.6 is 11.6 Å². The zero-order chi connectivity index (χ0) is 28.1. The highest BCUT2D eigenvalue weighted by molar-refractivity contribution is 7.89. The molecule has 2 aromatic rings. The predicted octanol–water partition coefficient (Wildman–Crippen LogP) is 4.94. The van der Waals surface area contributed by atoms with Crippen molar-refractivity contribution in [3.05, 3.63) is 52.8 Å². The first kappa shape index (κ1) is 28.0. The average Bonchev–Trinajstić information content (AvgIpc) is 3.15. The molecule has 13 heteroatoms. The molecule has 2 bridgehead atoms. The van der Waals surface area contributed by atoms with Gasteiger partial charge in [-0.25, -0.2) is 12.8 Å². The van der Waals surface area contributed by atoms with E-state index in [9.17, 15) is 30.8 Å². The second-order valence-corrected chi connectivity index (χ2v) is 12.5. The normalized spacial score (nSPS) is 22.8. The molecule has 0 radical (unpaired) electrons. The fraction of sp³-hybridized carbons (Fsp3) is 0.500. The minimum atomic E-state index is -4.34. The monoisotopic (exact) mass is 589 g/mol. The molecule has 3 heterocycles. The van der Waals surface area contributed by atoms with Gasteiger partial charge in [-0.15, -0.1) is 0 Å². The fourth-order valence-electron chi connectivity index (χ4n) is 5.90. The predicted molar refractivity (Wildman–Crippen MR) is 137 cm³/mol. The molecule has 0 N–H and O–H groups in total. The van der Waals surface area contributed by atoms with Gasteiger partial charge in [-0.05, 0) is 62.1 Å². The van der Waals surface area contributed by atoms with Crippen LogP contribution in [0.25, 0.3) is 0 Å². The molecule has 0 aromatic heterocycles. The van der Waals surface area contributed by atoms with E-state index in [1.54, 1.807) is 11.0 Å². The fourth-order valence-corrected chi connectivity index (χ4v) is 7.64. The molecule has 0 aliphatic carbocycles. The van der Waals surface area contributed by atoms with Crippen molar-refractivity contribution < 1.29 is 35.5 Å². The third kappa shape index (κ3) is 5.30. The number of ether oxygens (including phenoxy) is 1. The van der Waals surface area contributed by atoms with Gasteiger partial charge in [0, 0.05) is 38.3 Å². The van der Waals surface area contributed by atoms with Crippen molar-refractivity contribution in [3.63, 3.8) is 0 Å². The van der Waals surface area contributed by atoms with Gasteiger partial charge in [0.15, 0.2) is 0 Å². The van der Waals surface area contributed by atoms with Gasteiger partial charge in [0.25, 0.3) is 5.91 Å². The number of amides is 1. The number of hydrogen-bond donors (Lipinski definition) is 0. The molecule has 39 heavy (non-hydrogen) atoms. The molecule has 3 aliphatic rings. The summed E-state index contributed by atoms with van der Waals surface area (Å²) in [5.41, 5.74) is 0.772. The van der Waals surface area contributed by atoms with E-state index in [0.29, 0.717) is 24.5 Å². The zero-order valence-corrected chi connectivity index (χ0v) is 22.7. The van der Waals surface area contributed by atoms with Crippen LogP contribution in [0, 0.1) is 11.7 Å². The number of methoxy groups -OCH3 is 1. The van der Waals surface area contributed by atoms with Crippen LogP contribution in [0.3, 0.4) is 0 Å². The molecular formula is C26H28ClF4N3O4S. The number of rotatable bonds is 5. The van der Waals surface area contributed by atoms with Gasteiger partial charge < -0.3 is 14.5 Å². The number of piperidine rings is 1. The van der Waals surface area contributed by atoms with Gasteiger partial charge in [-0.1, -0.05) is 11.6 Å². The van der Waals surface area contributed by atoms with E-state index in [4.69, 9.17) is 16.3 Å². The Morgan fingerprint density at radius 3 is 2.21 bits per heavy atom. The number of nitrogens with zero attached hydrogens (tertiary/aromatic N) is 3. The maximum absolute atomic E-state index is 13.5. The highest BCUT2D eigenvalue weighted by Gasteiger charge is 2.45. The molecule has 0 unspecified atom stereocenters. The van der Waals surface area contributed by atoms with Crippen molar-refractivity contribution in [2.24, 2.45) is 5.92 Å². The van der Waals surface area contributed by atoms with Gasteiger partial charge in [0.1, 0.15) is 11.6 Å². The summed E-state index contributed by atoms with van der Waals surface area (Å²) in [7, 11) is -2.55. The van der Waals surface area contributed by atoms with Crippen molar-refractivity contribution in [1.29, 1.82) is 0 Å². The smallest absolute Gasteiger partial charge is 0.391 e. The van der Waals surface area contributed by atoms with Crippen molar-refractivity contribution >= 4 is 33.2 Å². The number of sulfonamides is 1. The molecule has 1 amide bonds. The topological polar surface area (TPSA) is 70.2 Å². The lowest BCUT2D eigenvalue weighted by Gasteiger charge is -2.43. The number of halogens is 5. The van der Waals surface area contributed by atoms with E-state index in [1.165, 1.54) is 31.4 Å². The Labute approximate surface area is 229 Å². The van der Waals surface area contributed by atoms with Crippen LogP contribution in [-0.2, 0) is 10.0 Å². The highest BCUT2D eigenvalue weighted by atomic mass is 35.5. The van der Waals surface area contributed by atoms with Crippen LogP contribution in [0.5, 0.6) is 5.75 Å². The third-order valence-corrected chi connectivity index (χ3v) is 10.1. The van der Waals surface area contributed by atoms with Crippen LogP contribution in [0.2, 0.25) is 5.02 Å². The van der Waals surface area contributed by atoms with Crippen molar-refractivity contribution in [2.75, 3.05) is 38.2 Å². The van der Waals surface area contributed by atoms with E-state index in [0.717, 1.165) is 23.2 Å². The molecule has 3 aliphatic heterocycles. The second kappa shape index (κ2) is 10.4. The molecule has 2 aromatic carbocycles. The molecule has 0 spiro atoms. The summed E-state index contributed by atoms with van der Waals surface area (Å²) in [5, 5.41) is 0.0358. The quantitative estimate of drug-likeness (QED) is 0.462. The Kier molecular flexibility index (Phi) is 7.49. The van der Waals surface area contributed by atoms with Crippen molar-refractivity contribution in [1.82, 2.24) is 9.21 Å². The van der Waals surface area contributed by atoms with E-state index in [2.05, 4.69) is 4.90 Å².